The first kappa shape index (κ1) is 15.7. The van der Waals surface area contributed by atoms with Gasteiger partial charge in [-0.25, -0.2) is 9.97 Å². The number of anilines is 1. The van der Waals surface area contributed by atoms with Gasteiger partial charge in [0.15, 0.2) is 0 Å². The Hall–Kier alpha value is -2.80. The summed E-state index contributed by atoms with van der Waals surface area (Å²) in [6.07, 6.45) is 3.64. The average Bonchev–Trinajstić information content (AvgIpc) is 3.01. The van der Waals surface area contributed by atoms with Crippen molar-refractivity contribution in [3.8, 4) is 11.4 Å². The minimum Gasteiger partial charge on any atom is -0.383 e. The molecule has 7 heteroatoms. The molecule has 0 saturated heterocycles. The number of hydrogen-bond donors (Lipinski definition) is 1. The van der Waals surface area contributed by atoms with Crippen molar-refractivity contribution in [2.75, 3.05) is 12.3 Å². The molecule has 1 aliphatic heterocycles. The first-order valence-corrected chi connectivity index (χ1v) is 8.39. The summed E-state index contributed by atoms with van der Waals surface area (Å²) >= 11 is 0. The summed E-state index contributed by atoms with van der Waals surface area (Å²) in [5, 5.41) is 4.73. The zero-order chi connectivity index (χ0) is 17.4. The van der Waals surface area contributed by atoms with Crippen LogP contribution in [0.4, 0.5) is 5.82 Å². The Morgan fingerprint density at radius 2 is 2.08 bits per heavy atom. The number of nitrogen functional groups attached to an aromatic ring is 1. The van der Waals surface area contributed by atoms with Gasteiger partial charge < -0.3 is 5.73 Å². The normalized spacial score (nSPS) is 14.5. The molecule has 0 radical (unpaired) electrons. The molecule has 0 amide bonds. The Morgan fingerprint density at radius 1 is 1.20 bits per heavy atom. The second kappa shape index (κ2) is 6.25. The minimum atomic E-state index is 0.566. The molecule has 0 unspecified atom stereocenters. The average molecular weight is 335 g/mol. The summed E-state index contributed by atoms with van der Waals surface area (Å²) in [6, 6.07) is 6.15. The van der Waals surface area contributed by atoms with Gasteiger partial charge in [0.05, 0.1) is 17.9 Å². The maximum absolute atomic E-state index is 6.03. The zero-order valence-corrected chi connectivity index (χ0v) is 14.5. The summed E-state index contributed by atoms with van der Waals surface area (Å²) in [7, 11) is 0. The lowest BCUT2D eigenvalue weighted by atomic mass is 10.1. The highest BCUT2D eigenvalue weighted by Crippen LogP contribution is 2.24. The Bertz CT molecular complexity index is 916. The first-order chi connectivity index (χ1) is 12.1. The van der Waals surface area contributed by atoms with Crippen LogP contribution < -0.4 is 5.73 Å². The summed E-state index contributed by atoms with van der Waals surface area (Å²) in [5.74, 6) is 1.27. The summed E-state index contributed by atoms with van der Waals surface area (Å²) < 4.78 is 2.08. The lowest BCUT2D eigenvalue weighted by Gasteiger charge is -2.27. The Kier molecular flexibility index (Phi) is 3.93. The van der Waals surface area contributed by atoms with Crippen LogP contribution in [0.3, 0.4) is 0 Å². The van der Waals surface area contributed by atoms with E-state index in [1.54, 1.807) is 0 Å². The number of nitrogens with zero attached hydrogens (tertiary/aromatic N) is 6. The van der Waals surface area contributed by atoms with Crippen LogP contribution in [0.25, 0.3) is 11.4 Å². The molecule has 3 aromatic heterocycles. The van der Waals surface area contributed by atoms with Gasteiger partial charge in [0.1, 0.15) is 17.3 Å². The highest BCUT2D eigenvalue weighted by Gasteiger charge is 2.20. The lowest BCUT2D eigenvalue weighted by Crippen LogP contribution is -2.33. The van der Waals surface area contributed by atoms with Gasteiger partial charge in [-0.1, -0.05) is 6.07 Å². The third-order valence-corrected chi connectivity index (χ3v) is 4.54. The van der Waals surface area contributed by atoms with Crippen molar-refractivity contribution >= 4 is 5.82 Å². The van der Waals surface area contributed by atoms with Crippen molar-refractivity contribution in [3.05, 3.63) is 53.2 Å². The van der Waals surface area contributed by atoms with E-state index in [1.165, 1.54) is 5.69 Å². The SMILES string of the molecule is Cc1ncc(CN2CCn3nc(-c4ncccc4C)cc3C2)c(N)n1. The Labute approximate surface area is 146 Å². The number of fused-ring (bicyclic) bond motifs is 1. The van der Waals surface area contributed by atoms with Gasteiger partial charge >= 0.3 is 0 Å². The molecule has 0 aromatic carbocycles. The molecule has 0 saturated carbocycles. The van der Waals surface area contributed by atoms with Crippen molar-refractivity contribution in [1.82, 2.24) is 29.6 Å². The Balaban J connectivity index is 1.54. The fourth-order valence-corrected chi connectivity index (χ4v) is 3.20. The highest BCUT2D eigenvalue weighted by atomic mass is 15.3. The van der Waals surface area contributed by atoms with Crippen molar-refractivity contribution < 1.29 is 0 Å². The molecule has 0 aliphatic carbocycles. The van der Waals surface area contributed by atoms with E-state index in [-0.39, 0.29) is 0 Å². The van der Waals surface area contributed by atoms with Crippen molar-refractivity contribution in [3.63, 3.8) is 0 Å². The van der Waals surface area contributed by atoms with E-state index in [1.807, 2.05) is 25.4 Å². The van der Waals surface area contributed by atoms with E-state index in [2.05, 4.69) is 43.6 Å². The minimum absolute atomic E-state index is 0.566. The molecule has 0 bridgehead atoms. The molecule has 1 aliphatic rings. The van der Waals surface area contributed by atoms with Crippen molar-refractivity contribution in [1.29, 1.82) is 0 Å². The number of rotatable bonds is 3. The van der Waals surface area contributed by atoms with Gasteiger partial charge in [0.2, 0.25) is 0 Å². The summed E-state index contributed by atoms with van der Waals surface area (Å²) in [4.78, 5) is 15.3. The zero-order valence-electron chi connectivity index (χ0n) is 14.5. The molecular weight excluding hydrogens is 314 g/mol. The molecule has 7 nitrogen and oxygen atoms in total. The molecule has 4 heterocycles. The maximum atomic E-state index is 6.03. The van der Waals surface area contributed by atoms with E-state index >= 15 is 0 Å². The van der Waals surface area contributed by atoms with Crippen LogP contribution >= 0.6 is 0 Å². The molecular formula is C18H21N7. The fourth-order valence-electron chi connectivity index (χ4n) is 3.20. The number of aryl methyl sites for hydroxylation is 2. The molecule has 25 heavy (non-hydrogen) atoms. The summed E-state index contributed by atoms with van der Waals surface area (Å²) in [6.45, 7) is 7.26. The van der Waals surface area contributed by atoms with Crippen LogP contribution in [0.1, 0.15) is 22.6 Å². The highest BCUT2D eigenvalue weighted by molar-refractivity contribution is 5.58. The second-order valence-electron chi connectivity index (χ2n) is 6.45. The molecule has 3 aromatic rings. The van der Waals surface area contributed by atoms with Crippen molar-refractivity contribution in [2.45, 2.75) is 33.5 Å². The van der Waals surface area contributed by atoms with Crippen LogP contribution in [-0.2, 0) is 19.6 Å². The van der Waals surface area contributed by atoms with Crippen LogP contribution in [0.5, 0.6) is 0 Å². The monoisotopic (exact) mass is 335 g/mol. The number of hydrogen-bond acceptors (Lipinski definition) is 6. The van der Waals surface area contributed by atoms with Crippen LogP contribution in [0.2, 0.25) is 0 Å². The van der Waals surface area contributed by atoms with Crippen LogP contribution in [-0.4, -0.2) is 36.2 Å². The Morgan fingerprint density at radius 3 is 2.88 bits per heavy atom. The van der Waals surface area contributed by atoms with E-state index < -0.39 is 0 Å². The first-order valence-electron chi connectivity index (χ1n) is 8.39. The predicted molar refractivity (Wildman–Crippen MR) is 95.5 cm³/mol. The third kappa shape index (κ3) is 3.10. The van der Waals surface area contributed by atoms with Crippen LogP contribution in [0.15, 0.2) is 30.6 Å². The van der Waals surface area contributed by atoms with Gasteiger partial charge in [-0.3, -0.25) is 14.6 Å². The topological polar surface area (TPSA) is 85.8 Å². The van der Waals surface area contributed by atoms with Gasteiger partial charge in [0.25, 0.3) is 0 Å². The molecule has 2 N–H and O–H groups in total. The largest absolute Gasteiger partial charge is 0.383 e. The predicted octanol–water partition coefficient (Wildman–Crippen LogP) is 1.95. The van der Waals surface area contributed by atoms with E-state index in [0.29, 0.717) is 11.6 Å². The van der Waals surface area contributed by atoms with Gasteiger partial charge in [-0.15, -0.1) is 0 Å². The number of aromatic nitrogens is 5. The van der Waals surface area contributed by atoms with E-state index in [4.69, 9.17) is 10.8 Å². The van der Waals surface area contributed by atoms with Crippen LogP contribution in [0, 0.1) is 13.8 Å². The van der Waals surface area contributed by atoms with E-state index in [9.17, 15) is 0 Å². The molecule has 0 spiro atoms. The molecule has 0 atom stereocenters. The molecule has 128 valence electrons. The second-order valence-corrected chi connectivity index (χ2v) is 6.45. The van der Waals surface area contributed by atoms with Gasteiger partial charge in [0, 0.05) is 37.6 Å². The fraction of sp³-hybridized carbons (Fsp3) is 0.333. The number of nitrogens with two attached hydrogens (primary N) is 1. The smallest absolute Gasteiger partial charge is 0.131 e. The van der Waals surface area contributed by atoms with Gasteiger partial charge in [-0.2, -0.15) is 5.10 Å². The lowest BCUT2D eigenvalue weighted by molar-refractivity contribution is 0.205. The summed E-state index contributed by atoms with van der Waals surface area (Å²) in [5.41, 5.74) is 11.2. The third-order valence-electron chi connectivity index (χ3n) is 4.54. The standard InChI is InChI=1S/C18H21N7/c1-12-4-3-5-20-17(12)16-8-15-11-24(6-7-25(15)23-16)10-14-9-21-13(2)22-18(14)19/h3-5,8-9H,6-7,10-11H2,1-2H3,(H2,19,21,22). The quantitative estimate of drug-likeness (QED) is 0.787. The number of pyridine rings is 1. The van der Waals surface area contributed by atoms with Gasteiger partial charge in [-0.05, 0) is 31.5 Å². The maximum Gasteiger partial charge on any atom is 0.131 e. The van der Waals surface area contributed by atoms with Crippen molar-refractivity contribution in [2.24, 2.45) is 0 Å². The molecule has 0 fully saturated rings. The van der Waals surface area contributed by atoms with E-state index in [0.717, 1.165) is 48.7 Å². The molecule has 4 rings (SSSR count).